The topological polar surface area (TPSA) is 51.7 Å². The Labute approximate surface area is 200 Å². The van der Waals surface area contributed by atoms with Gasteiger partial charge in [-0.2, -0.15) is 0 Å². The highest BCUT2D eigenvalue weighted by molar-refractivity contribution is 7.18. The Balaban J connectivity index is 1.10. The van der Waals surface area contributed by atoms with Gasteiger partial charge in [0.25, 0.3) is 0 Å². The lowest BCUT2D eigenvalue weighted by atomic mass is 10.1. The zero-order chi connectivity index (χ0) is 22.6. The van der Waals surface area contributed by atoms with Gasteiger partial charge < -0.3 is 10.2 Å². The number of amides is 1. The first-order valence-corrected chi connectivity index (χ1v) is 12.9. The molecule has 2 saturated heterocycles. The SMILES string of the molecule is C[C@@H](C(=O)Nc1ccc(N2CCCCC2)cc1)N1CCN(Cc2nc3ccccc3s2)CC1. The largest absolute Gasteiger partial charge is 0.372 e. The molecule has 0 saturated carbocycles. The van der Waals surface area contributed by atoms with Crippen molar-refractivity contribution in [3.8, 4) is 0 Å². The van der Waals surface area contributed by atoms with E-state index in [4.69, 9.17) is 4.98 Å². The Kier molecular flexibility index (Phi) is 6.90. The van der Waals surface area contributed by atoms with Crippen LogP contribution in [0.3, 0.4) is 0 Å². The predicted octanol–water partition coefficient (Wildman–Crippen LogP) is 4.43. The Hall–Kier alpha value is -2.48. The first-order valence-electron chi connectivity index (χ1n) is 12.1. The van der Waals surface area contributed by atoms with Gasteiger partial charge in [-0.1, -0.05) is 12.1 Å². The molecule has 5 rings (SSSR count). The van der Waals surface area contributed by atoms with E-state index in [0.29, 0.717) is 0 Å². The van der Waals surface area contributed by atoms with Gasteiger partial charge in [0.15, 0.2) is 0 Å². The molecule has 33 heavy (non-hydrogen) atoms. The number of nitrogens with one attached hydrogen (secondary N) is 1. The fourth-order valence-corrected chi connectivity index (χ4v) is 5.82. The summed E-state index contributed by atoms with van der Waals surface area (Å²) in [5, 5.41) is 4.28. The van der Waals surface area contributed by atoms with E-state index >= 15 is 0 Å². The number of carbonyl (C=O) groups excluding carboxylic acids is 1. The predicted molar refractivity (Wildman–Crippen MR) is 137 cm³/mol. The molecular weight excluding hydrogens is 430 g/mol. The molecule has 2 aliphatic heterocycles. The Morgan fingerprint density at radius 1 is 0.970 bits per heavy atom. The number of nitrogens with zero attached hydrogens (tertiary/aromatic N) is 4. The molecule has 1 N–H and O–H groups in total. The van der Waals surface area contributed by atoms with Gasteiger partial charge in [0.05, 0.1) is 22.8 Å². The summed E-state index contributed by atoms with van der Waals surface area (Å²) in [6.45, 7) is 8.87. The molecule has 1 aromatic heterocycles. The summed E-state index contributed by atoms with van der Waals surface area (Å²) in [6, 6.07) is 16.5. The molecule has 174 valence electrons. The molecule has 0 unspecified atom stereocenters. The number of aromatic nitrogens is 1. The number of carbonyl (C=O) groups is 1. The molecule has 6 nitrogen and oxygen atoms in total. The van der Waals surface area contributed by atoms with Crippen LogP contribution in [0.4, 0.5) is 11.4 Å². The van der Waals surface area contributed by atoms with Gasteiger partial charge in [-0.25, -0.2) is 4.98 Å². The number of thiazole rings is 1. The summed E-state index contributed by atoms with van der Waals surface area (Å²) in [7, 11) is 0. The number of rotatable bonds is 6. The smallest absolute Gasteiger partial charge is 0.241 e. The van der Waals surface area contributed by atoms with E-state index in [0.717, 1.165) is 57.0 Å². The van der Waals surface area contributed by atoms with Gasteiger partial charge in [-0.3, -0.25) is 14.6 Å². The van der Waals surface area contributed by atoms with Gasteiger partial charge in [0.1, 0.15) is 5.01 Å². The molecule has 0 bridgehead atoms. The maximum Gasteiger partial charge on any atom is 0.241 e. The molecule has 0 aliphatic carbocycles. The minimum atomic E-state index is -0.142. The normalized spacial score (nSPS) is 19.0. The molecule has 1 atom stereocenters. The number of piperazine rings is 1. The monoisotopic (exact) mass is 463 g/mol. The van der Waals surface area contributed by atoms with Crippen LogP contribution in [0.5, 0.6) is 0 Å². The number of piperidine rings is 1. The zero-order valence-corrected chi connectivity index (χ0v) is 20.2. The van der Waals surface area contributed by atoms with Gasteiger partial charge in [0, 0.05) is 50.6 Å². The highest BCUT2D eigenvalue weighted by atomic mass is 32.1. The maximum atomic E-state index is 12.9. The third-order valence-corrected chi connectivity index (χ3v) is 7.91. The van der Waals surface area contributed by atoms with E-state index < -0.39 is 0 Å². The number of para-hydroxylation sites is 1. The summed E-state index contributed by atoms with van der Waals surface area (Å²) >= 11 is 1.78. The van der Waals surface area contributed by atoms with Crippen molar-refractivity contribution in [2.75, 3.05) is 49.5 Å². The Morgan fingerprint density at radius 3 is 2.42 bits per heavy atom. The van der Waals surface area contributed by atoms with Crippen LogP contribution in [0.15, 0.2) is 48.5 Å². The lowest BCUT2D eigenvalue weighted by Crippen LogP contribution is -2.52. The van der Waals surface area contributed by atoms with Crippen molar-refractivity contribution in [1.29, 1.82) is 0 Å². The Morgan fingerprint density at radius 2 is 1.70 bits per heavy atom. The van der Waals surface area contributed by atoms with E-state index in [-0.39, 0.29) is 11.9 Å². The summed E-state index contributed by atoms with van der Waals surface area (Å²) < 4.78 is 1.25. The van der Waals surface area contributed by atoms with Gasteiger partial charge in [-0.05, 0) is 62.6 Å². The first-order chi connectivity index (χ1) is 16.2. The van der Waals surface area contributed by atoms with Crippen LogP contribution in [0.25, 0.3) is 10.2 Å². The summed E-state index contributed by atoms with van der Waals surface area (Å²) in [5.74, 6) is 0.0698. The fourth-order valence-electron chi connectivity index (χ4n) is 4.81. The summed E-state index contributed by atoms with van der Waals surface area (Å²) in [5.41, 5.74) is 3.22. The number of hydrogen-bond donors (Lipinski definition) is 1. The van der Waals surface area contributed by atoms with Gasteiger partial charge >= 0.3 is 0 Å². The summed E-state index contributed by atoms with van der Waals surface area (Å²) in [6.07, 6.45) is 3.87. The van der Waals surface area contributed by atoms with Gasteiger partial charge in [0.2, 0.25) is 5.91 Å². The van der Waals surface area contributed by atoms with Crippen LogP contribution in [0.1, 0.15) is 31.2 Å². The molecule has 3 heterocycles. The molecule has 2 fully saturated rings. The molecule has 3 aromatic rings. The van der Waals surface area contributed by atoms with E-state index in [2.05, 4.69) is 50.3 Å². The van der Waals surface area contributed by atoms with Crippen LogP contribution in [-0.4, -0.2) is 66.0 Å². The standard InChI is InChI=1S/C26H33N5OS/c1-20(26(32)27-21-9-11-22(12-10-21)31-13-5-2-6-14-31)30-17-15-29(16-18-30)19-25-28-23-7-3-4-8-24(23)33-25/h3-4,7-12,20H,2,5-6,13-19H2,1H3,(H,27,32)/t20-/m0/s1. The molecule has 7 heteroatoms. The fraction of sp³-hybridized carbons (Fsp3) is 0.462. The van der Waals surface area contributed by atoms with Crippen LogP contribution in [-0.2, 0) is 11.3 Å². The highest BCUT2D eigenvalue weighted by Crippen LogP contribution is 2.24. The van der Waals surface area contributed by atoms with Crippen molar-refractivity contribution in [3.05, 3.63) is 53.5 Å². The van der Waals surface area contributed by atoms with Crippen LogP contribution < -0.4 is 10.2 Å². The number of benzene rings is 2. The van der Waals surface area contributed by atoms with Crippen molar-refractivity contribution in [2.45, 2.75) is 38.8 Å². The van der Waals surface area contributed by atoms with Crippen molar-refractivity contribution in [1.82, 2.24) is 14.8 Å². The Bertz CT molecular complexity index is 1030. The average Bonchev–Trinajstić information content (AvgIpc) is 3.27. The molecule has 0 spiro atoms. The van der Waals surface area contributed by atoms with Crippen LogP contribution in [0, 0.1) is 0 Å². The first kappa shape index (κ1) is 22.3. The van der Waals surface area contributed by atoms with Crippen molar-refractivity contribution >= 4 is 38.8 Å². The van der Waals surface area contributed by atoms with Crippen molar-refractivity contribution < 1.29 is 4.79 Å². The molecule has 1 amide bonds. The van der Waals surface area contributed by atoms with Crippen LogP contribution >= 0.6 is 11.3 Å². The number of fused-ring (bicyclic) bond motifs is 1. The van der Waals surface area contributed by atoms with Gasteiger partial charge in [-0.15, -0.1) is 11.3 Å². The van der Waals surface area contributed by atoms with E-state index in [1.54, 1.807) is 11.3 Å². The van der Waals surface area contributed by atoms with E-state index in [9.17, 15) is 4.79 Å². The minimum absolute atomic E-state index is 0.0698. The quantitative estimate of drug-likeness (QED) is 0.586. The average molecular weight is 464 g/mol. The van der Waals surface area contributed by atoms with Crippen molar-refractivity contribution in [2.24, 2.45) is 0 Å². The highest BCUT2D eigenvalue weighted by Gasteiger charge is 2.26. The zero-order valence-electron chi connectivity index (χ0n) is 19.4. The minimum Gasteiger partial charge on any atom is -0.372 e. The third kappa shape index (κ3) is 5.37. The molecule has 0 radical (unpaired) electrons. The molecule has 2 aliphatic rings. The lowest BCUT2D eigenvalue weighted by molar-refractivity contribution is -0.121. The number of hydrogen-bond acceptors (Lipinski definition) is 6. The molecular formula is C26H33N5OS. The number of anilines is 2. The third-order valence-electron chi connectivity index (χ3n) is 6.89. The second kappa shape index (κ2) is 10.2. The lowest BCUT2D eigenvalue weighted by Gasteiger charge is -2.37. The van der Waals surface area contributed by atoms with E-state index in [1.807, 2.05) is 25.1 Å². The van der Waals surface area contributed by atoms with Crippen LogP contribution in [0.2, 0.25) is 0 Å². The summed E-state index contributed by atoms with van der Waals surface area (Å²) in [4.78, 5) is 24.8. The molecule has 2 aromatic carbocycles. The maximum absolute atomic E-state index is 12.9. The van der Waals surface area contributed by atoms with E-state index in [1.165, 1.54) is 34.7 Å². The second-order valence-electron chi connectivity index (χ2n) is 9.15. The van der Waals surface area contributed by atoms with Crippen molar-refractivity contribution in [3.63, 3.8) is 0 Å². The second-order valence-corrected chi connectivity index (χ2v) is 10.3.